The second-order valence-corrected chi connectivity index (χ2v) is 5.18. The third-order valence-electron chi connectivity index (χ3n) is 2.95. The van der Waals surface area contributed by atoms with Gasteiger partial charge >= 0.3 is 0 Å². The average molecular weight is 228 g/mol. The first kappa shape index (κ1) is 12.4. The van der Waals surface area contributed by atoms with E-state index in [0.29, 0.717) is 17.5 Å². The van der Waals surface area contributed by atoms with E-state index in [1.807, 2.05) is 20.8 Å². The van der Waals surface area contributed by atoms with Crippen LogP contribution in [0.25, 0.3) is 0 Å². The van der Waals surface area contributed by atoms with Gasteiger partial charge in [0.2, 0.25) is 5.91 Å². The van der Waals surface area contributed by atoms with E-state index in [0.717, 1.165) is 0 Å². The van der Waals surface area contributed by atoms with Crippen molar-refractivity contribution in [1.82, 2.24) is 4.90 Å². The maximum absolute atomic E-state index is 12.1. The summed E-state index contributed by atoms with van der Waals surface area (Å²) in [5.74, 6) is 0.909. The predicted octanol–water partition coefficient (Wildman–Crippen LogP) is 1.56. The zero-order valence-electron chi connectivity index (χ0n) is 9.69. The first-order chi connectivity index (χ1) is 6.93. The molecule has 0 aliphatic heterocycles. The number of nitrogens with zero attached hydrogens (tertiary/aromatic N) is 1. The first-order valence-electron chi connectivity index (χ1n) is 5.52. The fraction of sp³-hybridized carbons (Fsp3) is 0.818. The molecule has 1 fully saturated rings. The van der Waals surface area contributed by atoms with Crippen LogP contribution in [-0.4, -0.2) is 28.4 Å². The minimum absolute atomic E-state index is 0.127. The normalized spacial score (nSPS) is 17.6. The first-order valence-corrected chi connectivity index (χ1v) is 5.93. The molecule has 0 aromatic carbocycles. The maximum atomic E-state index is 12.1. The molecule has 1 rings (SSSR count). The quantitative estimate of drug-likeness (QED) is 0.726. The molecule has 1 aliphatic carbocycles. The number of carbonyl (C=O) groups is 1. The summed E-state index contributed by atoms with van der Waals surface area (Å²) < 4.78 is 0. The number of carbonyl (C=O) groups excluding carboxylic acids is 1. The molecule has 1 saturated carbocycles. The molecule has 1 unspecified atom stereocenters. The van der Waals surface area contributed by atoms with Gasteiger partial charge in [-0.25, -0.2) is 0 Å². The van der Waals surface area contributed by atoms with Crippen LogP contribution in [0.4, 0.5) is 0 Å². The van der Waals surface area contributed by atoms with Gasteiger partial charge in [-0.1, -0.05) is 19.1 Å². The van der Waals surface area contributed by atoms with Crippen LogP contribution in [0, 0.1) is 11.8 Å². The summed E-state index contributed by atoms with van der Waals surface area (Å²) in [6, 6.07) is 0.167. The van der Waals surface area contributed by atoms with Crippen molar-refractivity contribution in [3.8, 4) is 0 Å². The molecule has 0 radical (unpaired) electrons. The van der Waals surface area contributed by atoms with Crippen molar-refractivity contribution in [3.63, 3.8) is 0 Å². The van der Waals surface area contributed by atoms with Gasteiger partial charge in [-0.15, -0.1) is 0 Å². The van der Waals surface area contributed by atoms with Gasteiger partial charge in [-0.2, -0.15) is 0 Å². The second kappa shape index (κ2) is 4.92. The summed E-state index contributed by atoms with van der Waals surface area (Å²) in [5.41, 5.74) is 5.50. The Morgan fingerprint density at radius 3 is 2.33 bits per heavy atom. The molecule has 3 nitrogen and oxygen atoms in total. The highest BCUT2D eigenvalue weighted by molar-refractivity contribution is 7.80. The van der Waals surface area contributed by atoms with Gasteiger partial charge < -0.3 is 10.6 Å². The average Bonchev–Trinajstić information content (AvgIpc) is 2.94. The number of hydrogen-bond donors (Lipinski definition) is 1. The Morgan fingerprint density at radius 1 is 1.47 bits per heavy atom. The molecule has 4 heteroatoms. The van der Waals surface area contributed by atoms with E-state index in [1.54, 1.807) is 4.90 Å². The lowest BCUT2D eigenvalue weighted by molar-refractivity contribution is -0.136. The Hall–Kier alpha value is -0.640. The van der Waals surface area contributed by atoms with Gasteiger partial charge in [0.1, 0.15) is 0 Å². The van der Waals surface area contributed by atoms with Crippen LogP contribution < -0.4 is 5.73 Å². The zero-order chi connectivity index (χ0) is 11.6. The van der Waals surface area contributed by atoms with E-state index in [4.69, 9.17) is 18.0 Å². The minimum atomic E-state index is 0.127. The number of thiocarbonyl (C=S) groups is 1. The summed E-state index contributed by atoms with van der Waals surface area (Å²) in [7, 11) is 0. The molecule has 0 bridgehead atoms. The van der Waals surface area contributed by atoms with E-state index in [1.165, 1.54) is 12.8 Å². The van der Waals surface area contributed by atoms with Crippen LogP contribution >= 0.6 is 12.2 Å². The smallest absolute Gasteiger partial charge is 0.226 e. The van der Waals surface area contributed by atoms with Crippen molar-refractivity contribution in [3.05, 3.63) is 0 Å². The molecule has 0 heterocycles. The van der Waals surface area contributed by atoms with Crippen LogP contribution in [0.5, 0.6) is 0 Å². The second-order valence-electron chi connectivity index (χ2n) is 4.65. The highest BCUT2D eigenvalue weighted by Crippen LogP contribution is 2.37. The Bertz CT molecular complexity index is 261. The minimum Gasteiger partial charge on any atom is -0.392 e. The molecule has 0 aromatic heterocycles. The van der Waals surface area contributed by atoms with E-state index in [2.05, 4.69) is 0 Å². The number of hydrogen-bond acceptors (Lipinski definition) is 2. The maximum Gasteiger partial charge on any atom is 0.226 e. The van der Waals surface area contributed by atoms with Crippen LogP contribution in [0.2, 0.25) is 0 Å². The Kier molecular flexibility index (Phi) is 4.08. The lowest BCUT2D eigenvalue weighted by Gasteiger charge is -2.29. The number of amides is 1. The monoisotopic (exact) mass is 228 g/mol. The molecule has 1 amide bonds. The number of nitrogens with two attached hydrogens (primary N) is 1. The molecular weight excluding hydrogens is 208 g/mol. The van der Waals surface area contributed by atoms with Crippen molar-refractivity contribution in [1.29, 1.82) is 0 Å². The van der Waals surface area contributed by atoms with Crippen LogP contribution in [-0.2, 0) is 4.79 Å². The van der Waals surface area contributed by atoms with Crippen molar-refractivity contribution >= 4 is 23.1 Å². The summed E-state index contributed by atoms with van der Waals surface area (Å²) >= 11 is 4.86. The lowest BCUT2D eigenvalue weighted by Crippen LogP contribution is -2.45. The summed E-state index contributed by atoms with van der Waals surface area (Å²) in [6.07, 6.45) is 2.37. The van der Waals surface area contributed by atoms with Crippen LogP contribution in [0.3, 0.4) is 0 Å². The van der Waals surface area contributed by atoms with E-state index in [9.17, 15) is 4.79 Å². The van der Waals surface area contributed by atoms with Crippen molar-refractivity contribution < 1.29 is 4.79 Å². The van der Waals surface area contributed by atoms with Crippen LogP contribution in [0.15, 0.2) is 0 Å². The molecule has 2 N–H and O–H groups in total. The molecule has 86 valence electrons. The van der Waals surface area contributed by atoms with E-state index in [-0.39, 0.29) is 17.9 Å². The van der Waals surface area contributed by atoms with Crippen molar-refractivity contribution in [2.45, 2.75) is 39.7 Å². The summed E-state index contributed by atoms with van der Waals surface area (Å²) in [6.45, 7) is 6.41. The highest BCUT2D eigenvalue weighted by Gasteiger charge is 2.35. The molecule has 0 aromatic rings. The third-order valence-corrected chi connectivity index (χ3v) is 3.08. The summed E-state index contributed by atoms with van der Waals surface area (Å²) in [5, 5.41) is 0. The highest BCUT2D eigenvalue weighted by atomic mass is 32.1. The Morgan fingerprint density at radius 2 is 2.00 bits per heavy atom. The molecule has 0 spiro atoms. The van der Waals surface area contributed by atoms with Gasteiger partial charge in [0.25, 0.3) is 0 Å². The van der Waals surface area contributed by atoms with Crippen molar-refractivity contribution in [2.75, 3.05) is 6.54 Å². The molecule has 15 heavy (non-hydrogen) atoms. The Balaban J connectivity index is 2.61. The predicted molar refractivity (Wildman–Crippen MR) is 65.5 cm³/mol. The van der Waals surface area contributed by atoms with Crippen molar-refractivity contribution in [2.24, 2.45) is 17.6 Å². The molecule has 0 saturated heterocycles. The van der Waals surface area contributed by atoms with Gasteiger partial charge in [-0.05, 0) is 32.6 Å². The van der Waals surface area contributed by atoms with Gasteiger partial charge in [0.15, 0.2) is 0 Å². The molecule has 1 atom stereocenters. The largest absolute Gasteiger partial charge is 0.392 e. The molecule has 1 aliphatic rings. The zero-order valence-corrected chi connectivity index (χ0v) is 10.5. The standard InChI is InChI=1S/C11H20N2OS/c1-7(2)13(6-10(12)15)11(14)8(3)9-4-5-9/h7-9H,4-6H2,1-3H3,(H2,12,15). The third kappa shape index (κ3) is 3.45. The summed E-state index contributed by atoms with van der Waals surface area (Å²) in [4.78, 5) is 14.3. The SMILES string of the molecule is CC(C(=O)N(CC(N)=S)C(C)C)C1CC1. The molecular formula is C11H20N2OS. The van der Waals surface area contributed by atoms with Gasteiger partial charge in [0.05, 0.1) is 11.5 Å². The van der Waals surface area contributed by atoms with Gasteiger partial charge in [0, 0.05) is 12.0 Å². The fourth-order valence-electron chi connectivity index (χ4n) is 1.74. The fourth-order valence-corrected chi connectivity index (χ4v) is 1.88. The van der Waals surface area contributed by atoms with Gasteiger partial charge in [-0.3, -0.25) is 4.79 Å². The van der Waals surface area contributed by atoms with E-state index >= 15 is 0 Å². The number of rotatable bonds is 5. The Labute approximate surface area is 97.0 Å². The lowest BCUT2D eigenvalue weighted by atomic mass is 10.0. The van der Waals surface area contributed by atoms with Crippen LogP contribution in [0.1, 0.15) is 33.6 Å². The topological polar surface area (TPSA) is 46.3 Å². The van der Waals surface area contributed by atoms with E-state index < -0.39 is 0 Å².